The lowest BCUT2D eigenvalue weighted by Gasteiger charge is -2.20. The van der Waals surface area contributed by atoms with E-state index < -0.39 is 23.9 Å². The highest BCUT2D eigenvalue weighted by Gasteiger charge is 2.21. The Morgan fingerprint density at radius 3 is 0.573 bits per heavy atom. The molecule has 19 aromatic carbocycles. The van der Waals surface area contributed by atoms with Crippen molar-refractivity contribution in [2.24, 2.45) is 0 Å². The summed E-state index contributed by atoms with van der Waals surface area (Å²) in [4.78, 5) is 87.3. The zero-order valence-corrected chi connectivity index (χ0v) is 82.4. The van der Waals surface area contributed by atoms with Gasteiger partial charge >= 0.3 is 23.9 Å². The lowest BCUT2D eigenvalue weighted by molar-refractivity contribution is -0.121. The fraction of sp³-hybridized carbons (Fsp3) is 0.0448. The van der Waals surface area contributed by atoms with Crippen LogP contribution in [0.15, 0.2) is 425 Å². The summed E-state index contributed by atoms with van der Waals surface area (Å²) in [6, 6.07) is 136. The van der Waals surface area contributed by atoms with Crippen LogP contribution in [0.2, 0.25) is 0 Å². The monoisotopic (exact) mass is 1960 g/mol. The van der Waals surface area contributed by atoms with Crippen LogP contribution < -0.4 is 18.9 Å². The molecule has 0 aliphatic rings. The van der Waals surface area contributed by atoms with Gasteiger partial charge in [0.1, 0.15) is 23.0 Å². The van der Waals surface area contributed by atoms with Gasteiger partial charge < -0.3 is 39.4 Å². The number of carboxylic acids is 4. The number of hydrogen-bond acceptors (Lipinski definition) is 12. The van der Waals surface area contributed by atoms with Crippen LogP contribution in [0.25, 0.3) is 134 Å². The molecule has 4 N–H and O–H groups in total. The maximum atomic E-state index is 11.3. The number of rotatable bonds is 24. The lowest BCUT2D eigenvalue weighted by Crippen LogP contribution is -1.98. The first-order valence-electron chi connectivity index (χ1n) is 47.8. The minimum absolute atomic E-state index is 0.210. The van der Waals surface area contributed by atoms with Gasteiger partial charge in [-0.3, -0.25) is 19.2 Å². The SMILES string of the molecule is Cc1ccc(-c2cc(-c3ccc(OC=O)cc3)c(C)c(-c3ccc(C(=O)O)cc3)c2C)cc1.Cc1ccc(-c2cc(-c3ccc(OC=O)cc3)cc(-c3ccc(C(=O)O)cc3)c2)cc1.Cc1ccc(-c2ccc(-c3cc(-c4ccc(-c5ccc(OC=O)cc5)cc4)cc(-c4ccc(-c5ccc(C(=O)O)cc5)cc4)c3)cc2)cc1.Cc1ccc(C#Cc2cc(C#Cc3ccc(OC=O)cc3)cc(C#Cc3ccc(C(=O)O)cc3)c2)cc1. The van der Waals surface area contributed by atoms with Crippen molar-refractivity contribution in [3.05, 3.63) is 514 Å². The fourth-order valence-electron chi connectivity index (χ4n) is 17.0. The van der Waals surface area contributed by atoms with Gasteiger partial charge in [-0.1, -0.05) is 288 Å². The van der Waals surface area contributed by atoms with Crippen LogP contribution in [0.5, 0.6) is 23.0 Å². The third-order valence-electron chi connectivity index (χ3n) is 25.2. The molecule has 0 fully saturated rings. The zero-order chi connectivity index (χ0) is 105. The van der Waals surface area contributed by atoms with E-state index in [2.05, 4.69) is 258 Å². The average molecular weight is 1960 g/mol. The smallest absolute Gasteiger partial charge is 0.335 e. The van der Waals surface area contributed by atoms with Crippen LogP contribution in [0.4, 0.5) is 0 Å². The second-order valence-electron chi connectivity index (χ2n) is 35.4. The Balaban J connectivity index is 0.000000145. The number of hydrogen-bond donors (Lipinski definition) is 4. The van der Waals surface area contributed by atoms with Gasteiger partial charge in [0, 0.05) is 33.4 Å². The molecule has 16 heteroatoms. The van der Waals surface area contributed by atoms with Gasteiger partial charge in [-0.2, -0.15) is 0 Å². The Bertz CT molecular complexity index is 8360. The molecule has 0 spiro atoms. The lowest BCUT2D eigenvalue weighted by atomic mass is 9.84. The van der Waals surface area contributed by atoms with E-state index in [1.165, 1.54) is 45.5 Å². The van der Waals surface area contributed by atoms with Crippen molar-refractivity contribution in [3.63, 3.8) is 0 Å². The number of aromatic carboxylic acids is 4. The minimum atomic E-state index is -0.978. The normalized spacial score (nSPS) is 10.4. The summed E-state index contributed by atoms with van der Waals surface area (Å²) >= 11 is 0. The Hall–Kier alpha value is -20.4. The molecule has 0 heterocycles. The molecule has 16 nitrogen and oxygen atoms in total. The van der Waals surface area contributed by atoms with Crippen LogP contribution in [0.3, 0.4) is 0 Å². The summed E-state index contributed by atoms with van der Waals surface area (Å²) in [6.07, 6.45) is 0. The quantitative estimate of drug-likeness (QED) is 0.0324. The summed E-state index contributed by atoms with van der Waals surface area (Å²) in [5.74, 6) is 17.0. The molecular weight excluding hydrogens is 1870 g/mol. The van der Waals surface area contributed by atoms with Crippen molar-refractivity contribution < 1.29 is 77.7 Å². The van der Waals surface area contributed by atoms with Gasteiger partial charge in [-0.15, -0.1) is 0 Å². The summed E-state index contributed by atoms with van der Waals surface area (Å²) in [5.41, 5.74) is 38.1. The molecule has 0 aliphatic heterocycles. The van der Waals surface area contributed by atoms with Crippen molar-refractivity contribution in [2.75, 3.05) is 0 Å². The summed E-state index contributed by atoms with van der Waals surface area (Å²) in [6.45, 7) is 14.1. The number of aryl methyl sites for hydroxylation is 4. The van der Waals surface area contributed by atoms with Crippen molar-refractivity contribution in [3.8, 4) is 192 Å². The predicted octanol–water partition coefficient (Wildman–Crippen LogP) is 29.7. The molecule has 0 saturated carbocycles. The van der Waals surface area contributed by atoms with Crippen molar-refractivity contribution in [1.29, 1.82) is 0 Å². The van der Waals surface area contributed by atoms with Gasteiger partial charge in [0.25, 0.3) is 25.9 Å². The molecule has 0 radical (unpaired) electrons. The standard InChI is InChI=1S/C45H32O4.C33H20O4.C29H24O4.C27H20O4/c1-30-2-4-31(5-3-30)32-6-12-37(13-7-32)41-26-42(38-14-8-33(9-15-38)35-18-20-40(21-19-35)45(47)48)28-43(27-41)39-16-10-34(11-17-39)36-22-24-44(25-23-36)49-29-46;1-24-2-4-25(5-3-24)6-9-28-20-29(10-7-26-12-16-31(17-13-26)33(35)36)22-30(21-28)11-8-27-14-18-32(19-15-27)37-23-34;1-18-4-6-21(7-5-18)26-16-27(22-12-14-25(15-13-22)33-17-30)20(3)28(19(26)2)23-8-10-24(11-9-23)29(31)32;1-18-2-4-19(5-3-18)23-14-24(20-6-8-22(9-7-20)27(29)30)16-25(15-23)21-10-12-26(13-11-21)31-17-28/h2-29H,1H3,(H,47,48);2-5,12-23H,1H3,(H,35,36);4-17H,1-3H3,(H,31,32);2-17H,1H3,(H,29,30). The van der Waals surface area contributed by atoms with E-state index in [1.807, 2.05) is 122 Å². The topological polar surface area (TPSA) is 254 Å². The molecule has 0 amide bonds. The van der Waals surface area contributed by atoms with Crippen LogP contribution in [-0.2, 0) is 19.2 Å². The molecule has 728 valence electrons. The molecular formula is C134H96O16. The van der Waals surface area contributed by atoms with E-state index >= 15 is 0 Å². The van der Waals surface area contributed by atoms with Crippen molar-refractivity contribution >= 4 is 49.8 Å². The van der Waals surface area contributed by atoms with Gasteiger partial charge in [0.05, 0.1) is 22.3 Å². The van der Waals surface area contributed by atoms with Gasteiger partial charge in [-0.05, 0) is 380 Å². The number of carbonyl (C=O) groups is 8. The van der Waals surface area contributed by atoms with Crippen LogP contribution >= 0.6 is 0 Å². The van der Waals surface area contributed by atoms with Crippen molar-refractivity contribution in [1.82, 2.24) is 0 Å². The minimum Gasteiger partial charge on any atom is -0.478 e. The molecule has 0 aromatic heterocycles. The Kier molecular flexibility index (Phi) is 33.2. The number of benzene rings is 19. The summed E-state index contributed by atoms with van der Waals surface area (Å²) in [5, 5.41) is 36.8. The maximum Gasteiger partial charge on any atom is 0.335 e. The predicted molar refractivity (Wildman–Crippen MR) is 591 cm³/mol. The first-order valence-corrected chi connectivity index (χ1v) is 47.8. The zero-order valence-electron chi connectivity index (χ0n) is 82.4. The summed E-state index contributed by atoms with van der Waals surface area (Å²) in [7, 11) is 0. The molecule has 150 heavy (non-hydrogen) atoms. The first-order chi connectivity index (χ1) is 72.8. The van der Waals surface area contributed by atoms with E-state index in [9.17, 15) is 53.7 Å². The fourth-order valence-corrected chi connectivity index (χ4v) is 17.0. The highest BCUT2D eigenvalue weighted by atomic mass is 16.5. The van der Waals surface area contributed by atoms with E-state index in [-0.39, 0.29) is 22.3 Å². The van der Waals surface area contributed by atoms with Crippen LogP contribution in [0.1, 0.15) is 108 Å². The van der Waals surface area contributed by atoms with E-state index in [0.717, 1.165) is 161 Å². The largest absolute Gasteiger partial charge is 0.478 e. The Labute approximate surface area is 869 Å². The number of carbonyl (C=O) groups excluding carboxylic acids is 4. The van der Waals surface area contributed by atoms with Crippen molar-refractivity contribution in [2.45, 2.75) is 41.5 Å². The second-order valence-corrected chi connectivity index (χ2v) is 35.4. The highest BCUT2D eigenvalue weighted by Crippen LogP contribution is 2.43. The number of ether oxygens (including phenoxy) is 4. The van der Waals surface area contributed by atoms with E-state index in [0.29, 0.717) is 54.5 Å². The van der Waals surface area contributed by atoms with E-state index in [4.69, 9.17) is 24.1 Å². The second kappa shape index (κ2) is 48.6. The molecule has 19 aromatic rings. The first kappa shape index (κ1) is 103. The molecule has 0 saturated heterocycles. The third kappa shape index (κ3) is 26.7. The molecule has 19 rings (SSSR count). The highest BCUT2D eigenvalue weighted by molar-refractivity contribution is 5.94. The molecule has 0 atom stereocenters. The van der Waals surface area contributed by atoms with E-state index in [1.54, 1.807) is 109 Å². The van der Waals surface area contributed by atoms with Gasteiger partial charge in [0.15, 0.2) is 0 Å². The molecule has 0 unspecified atom stereocenters. The van der Waals surface area contributed by atoms with Gasteiger partial charge in [0.2, 0.25) is 0 Å². The Morgan fingerprint density at radius 1 is 0.180 bits per heavy atom. The van der Waals surface area contributed by atoms with Crippen LogP contribution in [-0.4, -0.2) is 70.2 Å². The van der Waals surface area contributed by atoms with Gasteiger partial charge in [-0.25, -0.2) is 19.2 Å². The summed E-state index contributed by atoms with van der Waals surface area (Å²) < 4.78 is 19.6. The molecule has 0 aliphatic carbocycles. The maximum absolute atomic E-state index is 11.3. The third-order valence-corrected chi connectivity index (χ3v) is 25.2. The number of carboxylic acid groups (broad SMARTS) is 4. The average Bonchev–Trinajstić information content (AvgIpc) is 0.758. The Morgan fingerprint density at radius 2 is 0.340 bits per heavy atom. The van der Waals surface area contributed by atoms with Crippen LogP contribution in [0, 0.1) is 77.1 Å². The molecule has 0 bridgehead atoms.